The summed E-state index contributed by atoms with van der Waals surface area (Å²) in [5.41, 5.74) is 3.79. The second kappa shape index (κ2) is 5.37. The Kier molecular flexibility index (Phi) is 4.09. The van der Waals surface area contributed by atoms with E-state index in [1.54, 1.807) is 0 Å². The third-order valence-electron chi connectivity index (χ3n) is 3.82. The quantitative estimate of drug-likeness (QED) is 0.830. The van der Waals surface area contributed by atoms with Crippen LogP contribution in [0.1, 0.15) is 19.4 Å². The summed E-state index contributed by atoms with van der Waals surface area (Å²) in [6.45, 7) is 5.95. The molecule has 88 valence electrons. The largest absolute Gasteiger partial charge is 0.385 e. The summed E-state index contributed by atoms with van der Waals surface area (Å²) in [6.07, 6.45) is 1.29. The van der Waals surface area contributed by atoms with E-state index in [0.29, 0.717) is 0 Å². The lowest BCUT2D eigenvalue weighted by Gasteiger charge is -2.30. The Hall–Kier alpha value is -0.283. The Morgan fingerprint density at radius 2 is 2.12 bits per heavy atom. The van der Waals surface area contributed by atoms with Crippen LogP contribution in [0.3, 0.4) is 0 Å². The van der Waals surface area contributed by atoms with E-state index in [1.165, 1.54) is 40.8 Å². The molecule has 0 aliphatic carbocycles. The van der Waals surface area contributed by atoms with E-state index in [-0.39, 0.29) is 0 Å². The number of hydrogen-bond acceptors (Lipinski definition) is 1. The lowest BCUT2D eigenvalue weighted by atomic mass is 10.0. The summed E-state index contributed by atoms with van der Waals surface area (Å²) in [5.74, 6) is 0. The first-order valence-corrected chi connectivity index (χ1v) is 9.36. The monoisotopic (exact) mass is 297 g/mol. The van der Waals surface area contributed by atoms with Crippen LogP contribution in [0.15, 0.2) is 22.7 Å². The van der Waals surface area contributed by atoms with E-state index in [0.717, 1.165) is 5.54 Å². The molecule has 0 spiro atoms. The van der Waals surface area contributed by atoms with Gasteiger partial charge in [-0.1, -0.05) is 41.9 Å². The van der Waals surface area contributed by atoms with E-state index in [1.807, 2.05) is 0 Å². The van der Waals surface area contributed by atoms with Crippen LogP contribution >= 0.6 is 15.9 Å². The summed E-state index contributed by atoms with van der Waals surface area (Å²) in [6, 6.07) is 9.48. The second-order valence-corrected chi connectivity index (χ2v) is 9.73. The first kappa shape index (κ1) is 12.2. The third kappa shape index (κ3) is 2.51. The highest BCUT2D eigenvalue weighted by Gasteiger charge is 2.24. The number of rotatable bonds is 3. The Morgan fingerprint density at radius 1 is 1.38 bits per heavy atom. The van der Waals surface area contributed by atoms with Crippen molar-refractivity contribution in [3.8, 4) is 0 Å². The van der Waals surface area contributed by atoms with Crippen molar-refractivity contribution in [2.24, 2.45) is 0 Å². The van der Waals surface area contributed by atoms with E-state index in [9.17, 15) is 0 Å². The van der Waals surface area contributed by atoms with Gasteiger partial charge in [0, 0.05) is 25.5 Å². The van der Waals surface area contributed by atoms with Crippen molar-refractivity contribution in [3.63, 3.8) is 0 Å². The molecule has 0 fully saturated rings. The molecule has 1 aliphatic rings. The standard InChI is InChI=1S/C13H20BrNSi/c1-3-16(4-2)12-8-10-7-11(14)5-6-13(10)15-9-12/h5-7,12,15-16H,3-4,8-9H2,1-2H3/t12-/m1/s1. The fourth-order valence-corrected chi connectivity index (χ4v) is 6.15. The highest BCUT2D eigenvalue weighted by molar-refractivity contribution is 9.10. The average Bonchev–Trinajstić information content (AvgIpc) is 2.30. The van der Waals surface area contributed by atoms with Crippen molar-refractivity contribution in [2.45, 2.75) is 37.9 Å². The van der Waals surface area contributed by atoms with E-state index < -0.39 is 8.80 Å². The van der Waals surface area contributed by atoms with Crippen molar-refractivity contribution >= 4 is 30.4 Å². The van der Waals surface area contributed by atoms with Gasteiger partial charge in [-0.3, -0.25) is 0 Å². The van der Waals surface area contributed by atoms with Gasteiger partial charge in [-0.25, -0.2) is 0 Å². The first-order valence-electron chi connectivity index (χ1n) is 6.26. The Balaban J connectivity index is 2.16. The molecule has 0 saturated heterocycles. The summed E-state index contributed by atoms with van der Waals surface area (Å²) in [5, 5.41) is 3.60. The number of fused-ring (bicyclic) bond motifs is 1. The Labute approximate surface area is 108 Å². The van der Waals surface area contributed by atoms with Crippen molar-refractivity contribution in [1.82, 2.24) is 0 Å². The Morgan fingerprint density at radius 3 is 2.81 bits per heavy atom. The zero-order chi connectivity index (χ0) is 11.5. The van der Waals surface area contributed by atoms with Crippen molar-refractivity contribution in [2.75, 3.05) is 11.9 Å². The molecule has 1 nitrogen and oxygen atoms in total. The van der Waals surface area contributed by atoms with Gasteiger partial charge in [0.15, 0.2) is 0 Å². The van der Waals surface area contributed by atoms with Crippen LogP contribution in [0.25, 0.3) is 0 Å². The van der Waals surface area contributed by atoms with Gasteiger partial charge in [0.1, 0.15) is 0 Å². The van der Waals surface area contributed by atoms with Crippen LogP contribution in [-0.2, 0) is 6.42 Å². The zero-order valence-corrected chi connectivity index (χ0v) is 12.8. The van der Waals surface area contributed by atoms with Crippen molar-refractivity contribution in [3.05, 3.63) is 28.2 Å². The predicted molar refractivity (Wildman–Crippen MR) is 78.2 cm³/mol. The molecular weight excluding hydrogens is 278 g/mol. The second-order valence-electron chi connectivity index (χ2n) is 4.72. The topological polar surface area (TPSA) is 12.0 Å². The molecule has 0 saturated carbocycles. The Bertz CT molecular complexity index is 363. The van der Waals surface area contributed by atoms with E-state index in [4.69, 9.17) is 0 Å². The van der Waals surface area contributed by atoms with Crippen LogP contribution in [0, 0.1) is 0 Å². The van der Waals surface area contributed by atoms with Crippen LogP contribution in [0.4, 0.5) is 5.69 Å². The summed E-state index contributed by atoms with van der Waals surface area (Å²) in [7, 11) is -0.526. The number of hydrogen-bond donors (Lipinski definition) is 1. The van der Waals surface area contributed by atoms with Crippen LogP contribution in [-0.4, -0.2) is 15.3 Å². The van der Waals surface area contributed by atoms with Crippen LogP contribution < -0.4 is 5.32 Å². The van der Waals surface area contributed by atoms with E-state index >= 15 is 0 Å². The summed E-state index contributed by atoms with van der Waals surface area (Å²) in [4.78, 5) is 0. The van der Waals surface area contributed by atoms with Gasteiger partial charge in [-0.15, -0.1) is 0 Å². The molecule has 1 heterocycles. The van der Waals surface area contributed by atoms with Gasteiger partial charge in [-0.05, 0) is 35.7 Å². The maximum absolute atomic E-state index is 3.60. The molecule has 0 aromatic heterocycles. The van der Waals surface area contributed by atoms with Gasteiger partial charge in [0.25, 0.3) is 0 Å². The molecule has 1 aromatic rings. The third-order valence-corrected chi connectivity index (χ3v) is 8.22. The van der Waals surface area contributed by atoms with Gasteiger partial charge in [0.05, 0.1) is 0 Å². The van der Waals surface area contributed by atoms with Gasteiger partial charge in [0.2, 0.25) is 0 Å². The maximum atomic E-state index is 3.60. The summed E-state index contributed by atoms with van der Waals surface area (Å²) >= 11 is 3.57. The molecule has 2 rings (SSSR count). The zero-order valence-electron chi connectivity index (χ0n) is 10.1. The molecule has 1 aliphatic heterocycles. The minimum atomic E-state index is -0.526. The normalized spacial score (nSPS) is 19.4. The minimum Gasteiger partial charge on any atom is -0.385 e. The average molecular weight is 298 g/mol. The fourth-order valence-electron chi connectivity index (χ4n) is 2.79. The molecule has 1 N–H and O–H groups in total. The molecule has 3 heteroatoms. The molecule has 0 radical (unpaired) electrons. The number of nitrogens with one attached hydrogen (secondary N) is 1. The van der Waals surface area contributed by atoms with Gasteiger partial charge >= 0.3 is 0 Å². The lowest BCUT2D eigenvalue weighted by Crippen LogP contribution is -2.30. The highest BCUT2D eigenvalue weighted by atomic mass is 79.9. The van der Waals surface area contributed by atoms with Crippen molar-refractivity contribution in [1.29, 1.82) is 0 Å². The van der Waals surface area contributed by atoms with Crippen LogP contribution in [0.5, 0.6) is 0 Å². The predicted octanol–water partition coefficient (Wildman–Crippen LogP) is 4.05. The molecule has 1 atom stereocenters. The molecule has 0 bridgehead atoms. The maximum Gasteiger partial charge on any atom is 0.0419 e. The summed E-state index contributed by atoms with van der Waals surface area (Å²) < 4.78 is 1.21. The molecular formula is C13H20BrNSi. The minimum absolute atomic E-state index is 0.526. The lowest BCUT2D eigenvalue weighted by molar-refractivity contribution is 0.795. The number of halogens is 1. The fraction of sp³-hybridized carbons (Fsp3) is 0.538. The number of anilines is 1. The van der Waals surface area contributed by atoms with Gasteiger partial charge < -0.3 is 5.32 Å². The SMILES string of the molecule is CC[SiH](CC)[C@H]1CNc2ccc(Br)cc2C1. The van der Waals surface area contributed by atoms with Gasteiger partial charge in [-0.2, -0.15) is 0 Å². The molecule has 0 unspecified atom stereocenters. The first-order chi connectivity index (χ1) is 7.74. The van der Waals surface area contributed by atoms with Crippen LogP contribution in [0.2, 0.25) is 17.6 Å². The smallest absolute Gasteiger partial charge is 0.0419 e. The van der Waals surface area contributed by atoms with E-state index in [2.05, 4.69) is 53.3 Å². The molecule has 0 amide bonds. The van der Waals surface area contributed by atoms with Crippen molar-refractivity contribution < 1.29 is 0 Å². The molecule has 1 aromatic carbocycles. The highest BCUT2D eigenvalue weighted by Crippen LogP contribution is 2.33. The number of benzene rings is 1. The molecule has 16 heavy (non-hydrogen) atoms.